The maximum Gasteiger partial charge on any atom is 0.162 e. The van der Waals surface area contributed by atoms with E-state index in [2.05, 4.69) is 0 Å². The van der Waals surface area contributed by atoms with Crippen molar-refractivity contribution in [3.8, 4) is 0 Å². The number of alkyl halides is 3. The van der Waals surface area contributed by atoms with E-state index >= 15 is 0 Å². The van der Waals surface area contributed by atoms with Crippen LogP contribution in [0.25, 0.3) is 0 Å². The molecule has 0 heterocycles. The first-order chi connectivity index (χ1) is 4.04. The molecule has 0 nitrogen and oxygen atoms in total. The van der Waals surface area contributed by atoms with E-state index in [0.717, 1.165) is 6.92 Å². The molecule has 0 aliphatic heterocycles. The molecule has 0 aromatic rings. The fourth-order valence-electron chi connectivity index (χ4n) is 0.382. The van der Waals surface area contributed by atoms with Crippen molar-refractivity contribution in [2.24, 2.45) is 0 Å². The molecule has 56 valence electrons. The Morgan fingerprint density at radius 3 is 2.11 bits per heavy atom. The van der Waals surface area contributed by atoms with Gasteiger partial charge in [-0.25, -0.2) is 13.2 Å². The first-order valence-corrected chi connectivity index (χ1v) is 2.93. The molecule has 0 aromatic heterocycles. The fourth-order valence-corrected chi connectivity index (χ4v) is 0.382. The van der Waals surface area contributed by atoms with Crippen LogP contribution >= 0.6 is 0 Å². The SMILES string of the molecule is CCC(C)(F)C(F)CF. The topological polar surface area (TPSA) is 0 Å². The normalized spacial score (nSPS) is 21.0. The van der Waals surface area contributed by atoms with E-state index in [9.17, 15) is 13.2 Å². The first kappa shape index (κ1) is 8.79. The minimum atomic E-state index is -1.99. The van der Waals surface area contributed by atoms with Gasteiger partial charge in [-0.2, -0.15) is 0 Å². The average molecular weight is 140 g/mol. The predicted octanol–water partition coefficient (Wildman–Crippen LogP) is 2.43. The average Bonchev–Trinajstić information content (AvgIpc) is 1.86. The highest BCUT2D eigenvalue weighted by molar-refractivity contribution is 4.80. The number of hydrogen-bond acceptors (Lipinski definition) is 0. The zero-order valence-electron chi connectivity index (χ0n) is 5.63. The van der Waals surface area contributed by atoms with Gasteiger partial charge in [0.05, 0.1) is 0 Å². The standard InChI is InChI=1S/C6H11F3/c1-3-6(2,9)5(8)4-7/h5H,3-4H2,1-2H3. The molecular formula is C6H11F3. The van der Waals surface area contributed by atoms with Crippen molar-refractivity contribution >= 4 is 0 Å². The van der Waals surface area contributed by atoms with Gasteiger partial charge in [0, 0.05) is 0 Å². The van der Waals surface area contributed by atoms with Crippen LogP contribution in [0.5, 0.6) is 0 Å². The third-order valence-electron chi connectivity index (χ3n) is 1.48. The summed E-state index contributed by atoms with van der Waals surface area (Å²) in [6, 6.07) is 0. The summed E-state index contributed by atoms with van der Waals surface area (Å²) in [6.07, 6.45) is -1.96. The van der Waals surface area contributed by atoms with Gasteiger partial charge in [-0.1, -0.05) is 6.92 Å². The minimum absolute atomic E-state index is 0.0120. The van der Waals surface area contributed by atoms with Gasteiger partial charge in [-0.05, 0) is 13.3 Å². The van der Waals surface area contributed by atoms with Gasteiger partial charge in [-0.3, -0.25) is 0 Å². The van der Waals surface area contributed by atoms with Crippen molar-refractivity contribution in [3.63, 3.8) is 0 Å². The van der Waals surface area contributed by atoms with Crippen LogP contribution in [0.15, 0.2) is 0 Å². The lowest BCUT2D eigenvalue weighted by atomic mass is 10.0. The Bertz CT molecular complexity index is 80.4. The number of halogens is 3. The molecule has 0 bridgehead atoms. The quantitative estimate of drug-likeness (QED) is 0.564. The molecule has 0 N–H and O–H groups in total. The van der Waals surface area contributed by atoms with Crippen molar-refractivity contribution < 1.29 is 13.2 Å². The van der Waals surface area contributed by atoms with E-state index in [0.29, 0.717) is 0 Å². The molecule has 3 heteroatoms. The summed E-state index contributed by atoms with van der Waals surface area (Å²) in [5.41, 5.74) is -1.99. The van der Waals surface area contributed by atoms with Crippen LogP contribution in [-0.2, 0) is 0 Å². The van der Waals surface area contributed by atoms with Crippen LogP contribution in [0.1, 0.15) is 20.3 Å². The summed E-state index contributed by atoms with van der Waals surface area (Å²) in [4.78, 5) is 0. The van der Waals surface area contributed by atoms with Crippen molar-refractivity contribution in [3.05, 3.63) is 0 Å². The lowest BCUT2D eigenvalue weighted by Gasteiger charge is -2.19. The highest BCUT2D eigenvalue weighted by atomic mass is 19.2. The molecule has 0 aliphatic rings. The molecule has 0 saturated heterocycles. The molecule has 0 radical (unpaired) electrons. The van der Waals surface area contributed by atoms with Crippen molar-refractivity contribution in [1.82, 2.24) is 0 Å². The maximum absolute atomic E-state index is 12.6. The zero-order valence-corrected chi connectivity index (χ0v) is 5.63. The Morgan fingerprint density at radius 1 is 1.56 bits per heavy atom. The molecular weight excluding hydrogens is 129 g/mol. The monoisotopic (exact) mass is 140 g/mol. The Balaban J connectivity index is 3.80. The molecule has 0 spiro atoms. The van der Waals surface area contributed by atoms with Gasteiger partial charge in [0.1, 0.15) is 12.3 Å². The summed E-state index contributed by atoms with van der Waals surface area (Å²) in [5, 5.41) is 0. The van der Waals surface area contributed by atoms with Gasteiger partial charge in [0.15, 0.2) is 6.17 Å². The summed E-state index contributed by atoms with van der Waals surface area (Å²) in [5.74, 6) is 0. The highest BCUT2D eigenvalue weighted by Crippen LogP contribution is 2.22. The summed E-state index contributed by atoms with van der Waals surface area (Å²) < 4.78 is 36.2. The smallest absolute Gasteiger partial charge is 0.162 e. The van der Waals surface area contributed by atoms with E-state index < -0.39 is 18.5 Å². The second kappa shape index (κ2) is 3.08. The Labute approximate surface area is 53.1 Å². The van der Waals surface area contributed by atoms with Crippen LogP contribution in [0.4, 0.5) is 13.2 Å². The predicted molar refractivity (Wildman–Crippen MR) is 30.7 cm³/mol. The molecule has 0 amide bonds. The van der Waals surface area contributed by atoms with Gasteiger partial charge in [-0.15, -0.1) is 0 Å². The molecule has 0 aliphatic carbocycles. The summed E-state index contributed by atoms with van der Waals surface area (Å²) >= 11 is 0. The Kier molecular flexibility index (Phi) is 3.01. The lowest BCUT2D eigenvalue weighted by molar-refractivity contribution is 0.0468. The second-order valence-electron chi connectivity index (χ2n) is 2.25. The minimum Gasteiger partial charge on any atom is -0.248 e. The van der Waals surface area contributed by atoms with Crippen LogP contribution in [0.3, 0.4) is 0 Å². The van der Waals surface area contributed by atoms with E-state index in [1.165, 1.54) is 6.92 Å². The van der Waals surface area contributed by atoms with Crippen LogP contribution in [0.2, 0.25) is 0 Å². The number of hydrogen-bond donors (Lipinski definition) is 0. The first-order valence-electron chi connectivity index (χ1n) is 2.93. The van der Waals surface area contributed by atoms with Crippen molar-refractivity contribution in [1.29, 1.82) is 0 Å². The Hall–Kier alpha value is -0.210. The molecule has 2 atom stereocenters. The van der Waals surface area contributed by atoms with Crippen LogP contribution in [0, 0.1) is 0 Å². The van der Waals surface area contributed by atoms with Crippen LogP contribution in [-0.4, -0.2) is 18.5 Å². The van der Waals surface area contributed by atoms with Crippen LogP contribution < -0.4 is 0 Å². The molecule has 0 fully saturated rings. The molecule has 0 rings (SSSR count). The largest absolute Gasteiger partial charge is 0.248 e. The summed E-state index contributed by atoms with van der Waals surface area (Å²) in [6.45, 7) is 1.32. The third-order valence-corrected chi connectivity index (χ3v) is 1.48. The maximum atomic E-state index is 12.6. The van der Waals surface area contributed by atoms with E-state index in [1.807, 2.05) is 0 Å². The van der Waals surface area contributed by atoms with Crippen molar-refractivity contribution in [2.45, 2.75) is 32.1 Å². The van der Waals surface area contributed by atoms with E-state index in [4.69, 9.17) is 0 Å². The summed E-state index contributed by atoms with van der Waals surface area (Å²) in [7, 11) is 0. The van der Waals surface area contributed by atoms with Gasteiger partial charge in [0.25, 0.3) is 0 Å². The molecule has 2 unspecified atom stereocenters. The molecule has 0 saturated carbocycles. The van der Waals surface area contributed by atoms with E-state index in [1.54, 1.807) is 0 Å². The zero-order chi connectivity index (χ0) is 7.49. The van der Waals surface area contributed by atoms with Crippen molar-refractivity contribution in [2.75, 3.05) is 6.67 Å². The van der Waals surface area contributed by atoms with E-state index in [-0.39, 0.29) is 6.42 Å². The fraction of sp³-hybridized carbons (Fsp3) is 1.00. The molecule has 0 aromatic carbocycles. The lowest BCUT2D eigenvalue weighted by Crippen LogP contribution is -2.31. The van der Waals surface area contributed by atoms with Gasteiger partial charge in [0.2, 0.25) is 0 Å². The third kappa shape index (κ3) is 2.24. The molecule has 9 heavy (non-hydrogen) atoms. The van der Waals surface area contributed by atoms with Gasteiger partial charge >= 0.3 is 0 Å². The van der Waals surface area contributed by atoms with Gasteiger partial charge < -0.3 is 0 Å². The highest BCUT2D eigenvalue weighted by Gasteiger charge is 2.32. The second-order valence-corrected chi connectivity index (χ2v) is 2.25. The Morgan fingerprint density at radius 2 is 2.00 bits per heavy atom. The number of rotatable bonds is 3.